The number of carboxylic acids is 1. The van der Waals surface area contributed by atoms with Gasteiger partial charge in [-0.05, 0) is 59.9 Å². The van der Waals surface area contributed by atoms with Crippen molar-refractivity contribution in [2.24, 2.45) is 5.92 Å². The van der Waals surface area contributed by atoms with E-state index in [9.17, 15) is 24.3 Å². The zero-order valence-electron chi connectivity index (χ0n) is 23.5. The van der Waals surface area contributed by atoms with Gasteiger partial charge in [0, 0.05) is 34.8 Å². The SMILES string of the molecule is O=C(Nc1cc(NC(=O)C2CC2c2ccccc2)cc(C(=O)N[C@@H](Cc2ccccc2)C(=O)O)c1)c1ccc2c(c1)OCO2. The number of carbonyl (C=O) groups excluding carboxylic acids is 3. The number of amides is 3. The maximum atomic E-state index is 13.4. The molecule has 0 aromatic heterocycles. The molecule has 0 spiro atoms. The van der Waals surface area contributed by atoms with Gasteiger partial charge < -0.3 is 30.5 Å². The molecule has 1 heterocycles. The molecule has 44 heavy (non-hydrogen) atoms. The summed E-state index contributed by atoms with van der Waals surface area (Å²) in [5, 5.41) is 18.0. The first-order valence-corrected chi connectivity index (χ1v) is 14.1. The fourth-order valence-corrected chi connectivity index (χ4v) is 5.22. The third kappa shape index (κ3) is 6.54. The van der Waals surface area contributed by atoms with Crippen LogP contribution >= 0.6 is 0 Å². The van der Waals surface area contributed by atoms with Crippen LogP contribution in [0.4, 0.5) is 11.4 Å². The van der Waals surface area contributed by atoms with Gasteiger partial charge in [-0.15, -0.1) is 0 Å². The zero-order chi connectivity index (χ0) is 30.6. The van der Waals surface area contributed by atoms with Crippen molar-refractivity contribution in [3.63, 3.8) is 0 Å². The Morgan fingerprint density at radius 3 is 2.16 bits per heavy atom. The highest BCUT2D eigenvalue weighted by Gasteiger charge is 2.43. The second-order valence-electron chi connectivity index (χ2n) is 10.7. The largest absolute Gasteiger partial charge is 0.480 e. The number of carbonyl (C=O) groups is 4. The van der Waals surface area contributed by atoms with Crippen molar-refractivity contribution >= 4 is 35.1 Å². The Kier molecular flexibility index (Phi) is 7.96. The van der Waals surface area contributed by atoms with Crippen LogP contribution in [0.5, 0.6) is 11.5 Å². The van der Waals surface area contributed by atoms with Crippen LogP contribution < -0.4 is 25.4 Å². The van der Waals surface area contributed by atoms with E-state index in [2.05, 4.69) is 16.0 Å². The number of ether oxygens (including phenoxy) is 2. The fourth-order valence-electron chi connectivity index (χ4n) is 5.22. The van der Waals surface area contributed by atoms with E-state index < -0.39 is 23.8 Å². The van der Waals surface area contributed by atoms with Crippen molar-refractivity contribution in [1.29, 1.82) is 0 Å². The fraction of sp³-hybridized carbons (Fsp3) is 0.176. The molecule has 10 nitrogen and oxygen atoms in total. The van der Waals surface area contributed by atoms with E-state index >= 15 is 0 Å². The molecule has 1 aliphatic carbocycles. The molecule has 3 atom stereocenters. The molecule has 4 aromatic rings. The molecule has 1 aliphatic heterocycles. The Morgan fingerprint density at radius 2 is 1.43 bits per heavy atom. The maximum absolute atomic E-state index is 13.4. The van der Waals surface area contributed by atoms with Gasteiger partial charge in [0.1, 0.15) is 6.04 Å². The van der Waals surface area contributed by atoms with Gasteiger partial charge in [0.2, 0.25) is 12.7 Å². The molecule has 2 unspecified atom stereocenters. The molecule has 2 aliphatic rings. The lowest BCUT2D eigenvalue weighted by Crippen LogP contribution is -2.42. The summed E-state index contributed by atoms with van der Waals surface area (Å²) in [7, 11) is 0. The van der Waals surface area contributed by atoms with E-state index in [1.165, 1.54) is 12.1 Å². The molecule has 3 amide bonds. The smallest absolute Gasteiger partial charge is 0.326 e. The van der Waals surface area contributed by atoms with Crippen molar-refractivity contribution in [3.8, 4) is 11.5 Å². The minimum atomic E-state index is -1.20. The summed E-state index contributed by atoms with van der Waals surface area (Å²) in [6.45, 7) is 0.0638. The van der Waals surface area contributed by atoms with Gasteiger partial charge in [-0.1, -0.05) is 60.7 Å². The van der Waals surface area contributed by atoms with E-state index in [0.29, 0.717) is 23.5 Å². The zero-order valence-corrected chi connectivity index (χ0v) is 23.5. The molecule has 0 radical (unpaired) electrons. The lowest BCUT2D eigenvalue weighted by molar-refractivity contribution is -0.139. The third-order valence-corrected chi connectivity index (χ3v) is 7.60. The average Bonchev–Trinajstić information content (AvgIpc) is 3.70. The highest BCUT2D eigenvalue weighted by molar-refractivity contribution is 6.07. The first kappa shape index (κ1) is 28.5. The number of anilines is 2. The van der Waals surface area contributed by atoms with Crippen LogP contribution in [0.1, 0.15) is 44.2 Å². The first-order valence-electron chi connectivity index (χ1n) is 14.1. The van der Waals surface area contributed by atoms with Gasteiger partial charge in [-0.2, -0.15) is 0 Å². The molecule has 6 rings (SSSR count). The summed E-state index contributed by atoms with van der Waals surface area (Å²) < 4.78 is 10.7. The van der Waals surface area contributed by atoms with Crippen LogP contribution in [0.15, 0.2) is 97.1 Å². The molecule has 10 heteroatoms. The number of fused-ring (bicyclic) bond motifs is 1. The molecule has 4 N–H and O–H groups in total. The van der Waals surface area contributed by atoms with Crippen molar-refractivity contribution in [3.05, 3.63) is 119 Å². The Hall–Kier alpha value is -5.64. The predicted molar refractivity (Wildman–Crippen MR) is 162 cm³/mol. The number of benzene rings is 4. The maximum Gasteiger partial charge on any atom is 0.326 e. The van der Waals surface area contributed by atoms with Crippen LogP contribution in [0.3, 0.4) is 0 Å². The van der Waals surface area contributed by atoms with E-state index in [0.717, 1.165) is 11.1 Å². The normalized spacial score (nSPS) is 16.8. The quantitative estimate of drug-likeness (QED) is 0.207. The van der Waals surface area contributed by atoms with Gasteiger partial charge >= 0.3 is 5.97 Å². The Labute approximate surface area is 253 Å². The van der Waals surface area contributed by atoms with Gasteiger partial charge in [-0.3, -0.25) is 14.4 Å². The Morgan fingerprint density at radius 1 is 0.750 bits per heavy atom. The number of rotatable bonds is 10. The van der Waals surface area contributed by atoms with Crippen molar-refractivity contribution in [2.75, 3.05) is 17.4 Å². The molecular formula is C34H29N3O7. The minimum Gasteiger partial charge on any atom is -0.480 e. The van der Waals surface area contributed by atoms with Crippen LogP contribution in [0.25, 0.3) is 0 Å². The lowest BCUT2D eigenvalue weighted by atomic mass is 10.0. The second kappa shape index (κ2) is 12.3. The van der Waals surface area contributed by atoms with Crippen molar-refractivity contribution in [1.82, 2.24) is 5.32 Å². The summed E-state index contributed by atoms with van der Waals surface area (Å²) in [5.74, 6) is -1.71. The summed E-state index contributed by atoms with van der Waals surface area (Å²) in [6.07, 6.45) is 0.776. The molecule has 4 aromatic carbocycles. The Bertz CT molecular complexity index is 1730. The highest BCUT2D eigenvalue weighted by atomic mass is 16.7. The molecular weight excluding hydrogens is 562 g/mol. The summed E-state index contributed by atoms with van der Waals surface area (Å²) >= 11 is 0. The van der Waals surface area contributed by atoms with Crippen LogP contribution in [-0.4, -0.2) is 41.6 Å². The van der Waals surface area contributed by atoms with Crippen LogP contribution in [-0.2, 0) is 16.0 Å². The number of carboxylic acid groups (broad SMARTS) is 1. The van der Waals surface area contributed by atoms with E-state index in [1.807, 2.05) is 36.4 Å². The summed E-state index contributed by atoms with van der Waals surface area (Å²) in [5.41, 5.74) is 2.72. The lowest BCUT2D eigenvalue weighted by Gasteiger charge is -2.16. The summed E-state index contributed by atoms with van der Waals surface area (Å²) in [4.78, 5) is 51.7. The average molecular weight is 592 g/mol. The first-order chi connectivity index (χ1) is 21.3. The second-order valence-corrected chi connectivity index (χ2v) is 10.7. The van der Waals surface area contributed by atoms with Gasteiger partial charge in [0.05, 0.1) is 0 Å². The van der Waals surface area contributed by atoms with E-state index in [1.54, 1.807) is 48.5 Å². The molecule has 0 saturated heterocycles. The van der Waals surface area contributed by atoms with Gasteiger partial charge in [0.25, 0.3) is 11.8 Å². The molecule has 0 bridgehead atoms. The monoisotopic (exact) mass is 591 g/mol. The summed E-state index contributed by atoms with van der Waals surface area (Å²) in [6, 6.07) is 26.7. The number of hydrogen-bond acceptors (Lipinski definition) is 6. The molecule has 1 fully saturated rings. The van der Waals surface area contributed by atoms with E-state index in [-0.39, 0.29) is 47.9 Å². The number of nitrogens with one attached hydrogen (secondary N) is 3. The topological polar surface area (TPSA) is 143 Å². The molecule has 1 saturated carbocycles. The third-order valence-electron chi connectivity index (χ3n) is 7.60. The minimum absolute atomic E-state index is 0.0638. The van der Waals surface area contributed by atoms with Crippen molar-refractivity contribution < 1.29 is 33.8 Å². The van der Waals surface area contributed by atoms with Gasteiger partial charge in [0.15, 0.2) is 11.5 Å². The van der Waals surface area contributed by atoms with Crippen molar-refractivity contribution in [2.45, 2.75) is 24.8 Å². The van der Waals surface area contributed by atoms with Gasteiger partial charge in [-0.25, -0.2) is 4.79 Å². The van der Waals surface area contributed by atoms with Crippen LogP contribution in [0.2, 0.25) is 0 Å². The standard InChI is InChI=1S/C34H29N3O7/c38-31(22-11-12-29-30(16-22)44-19-43-29)35-24-14-23(32(39)37-28(34(41)42)13-20-7-3-1-4-8-20)15-25(17-24)36-33(40)27-18-26(27)21-9-5-2-6-10-21/h1-12,14-17,26-28H,13,18-19H2,(H,35,38)(H,36,40)(H,37,39)(H,41,42)/t26?,27?,28-/m0/s1. The number of aliphatic carboxylic acids is 1. The predicted octanol–water partition coefficient (Wildman–Crippen LogP) is 4.84. The molecule has 222 valence electrons. The number of hydrogen-bond donors (Lipinski definition) is 4. The highest BCUT2D eigenvalue weighted by Crippen LogP contribution is 2.48. The Balaban J connectivity index is 1.23. The van der Waals surface area contributed by atoms with Crippen LogP contribution in [0, 0.1) is 5.92 Å². The van der Waals surface area contributed by atoms with E-state index in [4.69, 9.17) is 9.47 Å².